The van der Waals surface area contributed by atoms with Gasteiger partial charge in [0.1, 0.15) is 5.82 Å². The quantitative estimate of drug-likeness (QED) is 0.535. The Morgan fingerprint density at radius 2 is 1.68 bits per heavy atom. The highest BCUT2D eigenvalue weighted by Gasteiger charge is 2.28. The van der Waals surface area contributed by atoms with E-state index in [0.717, 1.165) is 36.9 Å². The Balaban J connectivity index is 1.23. The normalized spacial score (nSPS) is 15.7. The van der Waals surface area contributed by atoms with Crippen LogP contribution in [0, 0.1) is 5.82 Å². The first kappa shape index (κ1) is 22.0. The van der Waals surface area contributed by atoms with Gasteiger partial charge in [0.05, 0.1) is 5.69 Å². The van der Waals surface area contributed by atoms with E-state index >= 15 is 0 Å². The van der Waals surface area contributed by atoms with Gasteiger partial charge in [-0.3, -0.25) is 4.79 Å². The Kier molecular flexibility index (Phi) is 6.20. The second-order valence-electron chi connectivity index (χ2n) is 8.36. The van der Waals surface area contributed by atoms with E-state index in [0.29, 0.717) is 37.8 Å². The standard InChI is InChI=1S/C24H25FN6O3/c25-17-6-8-18(9-7-17)31-20-5-2-1-4-19(20)22(28-31)23(33)34-16-21(32)29-12-14-30(15-13-29)24-26-10-3-11-27-24/h3,6-11H,1-2,4-5,12-16H2. The summed E-state index contributed by atoms with van der Waals surface area (Å²) in [5, 5.41) is 4.50. The topological polar surface area (TPSA) is 93.5 Å². The lowest BCUT2D eigenvalue weighted by molar-refractivity contribution is -0.134. The highest BCUT2D eigenvalue weighted by molar-refractivity contribution is 5.91. The van der Waals surface area contributed by atoms with Crippen molar-refractivity contribution in [1.29, 1.82) is 0 Å². The molecule has 1 aromatic carbocycles. The van der Waals surface area contributed by atoms with Gasteiger partial charge in [-0.15, -0.1) is 0 Å². The summed E-state index contributed by atoms with van der Waals surface area (Å²) in [6.07, 6.45) is 6.83. The third-order valence-corrected chi connectivity index (χ3v) is 6.24. The third-order valence-electron chi connectivity index (χ3n) is 6.24. The molecule has 1 aliphatic carbocycles. The van der Waals surface area contributed by atoms with Crippen LogP contribution in [-0.4, -0.2) is 69.3 Å². The molecule has 1 fully saturated rings. The van der Waals surface area contributed by atoms with Crippen molar-refractivity contribution < 1.29 is 18.7 Å². The number of nitrogens with zero attached hydrogens (tertiary/aromatic N) is 6. The maximum Gasteiger partial charge on any atom is 0.359 e. The molecule has 5 rings (SSSR count). The molecule has 1 aliphatic heterocycles. The largest absolute Gasteiger partial charge is 0.451 e. The summed E-state index contributed by atoms with van der Waals surface area (Å²) in [4.78, 5) is 37.7. The molecule has 0 saturated carbocycles. The van der Waals surface area contributed by atoms with Crippen molar-refractivity contribution in [3.05, 3.63) is 65.5 Å². The van der Waals surface area contributed by atoms with Gasteiger partial charge < -0.3 is 14.5 Å². The molecule has 0 N–H and O–H groups in total. The number of rotatable bonds is 5. The molecule has 0 atom stereocenters. The van der Waals surface area contributed by atoms with Crippen LogP contribution in [-0.2, 0) is 22.4 Å². The summed E-state index contributed by atoms with van der Waals surface area (Å²) in [7, 11) is 0. The highest BCUT2D eigenvalue weighted by Crippen LogP contribution is 2.27. The first-order valence-electron chi connectivity index (χ1n) is 11.4. The molecule has 0 spiro atoms. The molecule has 34 heavy (non-hydrogen) atoms. The maximum absolute atomic E-state index is 13.4. The molecule has 3 heterocycles. The van der Waals surface area contributed by atoms with E-state index in [1.807, 2.05) is 4.90 Å². The Morgan fingerprint density at radius 3 is 2.41 bits per heavy atom. The number of aromatic nitrogens is 4. The van der Waals surface area contributed by atoms with Crippen LogP contribution in [0.5, 0.6) is 0 Å². The first-order valence-corrected chi connectivity index (χ1v) is 11.4. The fourth-order valence-corrected chi connectivity index (χ4v) is 4.46. The number of piperazine rings is 1. The third kappa shape index (κ3) is 4.48. The molecule has 176 valence electrons. The molecule has 0 unspecified atom stereocenters. The second-order valence-corrected chi connectivity index (χ2v) is 8.36. The molecular formula is C24H25FN6O3. The van der Waals surface area contributed by atoms with Crippen LogP contribution in [0.1, 0.15) is 34.6 Å². The lowest BCUT2D eigenvalue weighted by atomic mass is 9.95. The van der Waals surface area contributed by atoms with E-state index in [2.05, 4.69) is 15.1 Å². The smallest absolute Gasteiger partial charge is 0.359 e. The van der Waals surface area contributed by atoms with E-state index in [4.69, 9.17) is 4.74 Å². The number of hydrogen-bond acceptors (Lipinski definition) is 7. The summed E-state index contributed by atoms with van der Waals surface area (Å²) < 4.78 is 20.4. The van der Waals surface area contributed by atoms with E-state index in [1.165, 1.54) is 12.1 Å². The Morgan fingerprint density at radius 1 is 0.971 bits per heavy atom. The van der Waals surface area contributed by atoms with Gasteiger partial charge in [-0.2, -0.15) is 5.10 Å². The van der Waals surface area contributed by atoms with Gasteiger partial charge in [0.15, 0.2) is 12.3 Å². The number of benzene rings is 1. The molecule has 1 amide bonds. The molecule has 0 radical (unpaired) electrons. The van der Waals surface area contributed by atoms with Crippen molar-refractivity contribution in [3.63, 3.8) is 0 Å². The molecular weight excluding hydrogens is 439 g/mol. The summed E-state index contributed by atoms with van der Waals surface area (Å²) in [6.45, 7) is 1.89. The minimum absolute atomic E-state index is 0.234. The number of anilines is 1. The van der Waals surface area contributed by atoms with Gasteiger partial charge in [-0.1, -0.05) is 0 Å². The number of esters is 1. The molecule has 9 nitrogen and oxygen atoms in total. The molecule has 0 bridgehead atoms. The zero-order chi connectivity index (χ0) is 23.5. The number of carbonyl (C=O) groups is 2. The number of halogens is 1. The zero-order valence-electron chi connectivity index (χ0n) is 18.7. The molecule has 2 aliphatic rings. The molecule has 3 aromatic rings. The maximum atomic E-state index is 13.4. The van der Waals surface area contributed by atoms with Crippen LogP contribution >= 0.6 is 0 Å². The van der Waals surface area contributed by atoms with E-state index in [-0.39, 0.29) is 24.0 Å². The van der Waals surface area contributed by atoms with Crippen LogP contribution in [0.15, 0.2) is 42.7 Å². The van der Waals surface area contributed by atoms with Crippen LogP contribution in [0.4, 0.5) is 10.3 Å². The monoisotopic (exact) mass is 464 g/mol. The molecule has 2 aromatic heterocycles. The number of ether oxygens (including phenoxy) is 1. The van der Waals surface area contributed by atoms with Crippen LogP contribution in [0.25, 0.3) is 5.69 Å². The summed E-state index contributed by atoms with van der Waals surface area (Å²) in [5.41, 5.74) is 2.72. The fourth-order valence-electron chi connectivity index (χ4n) is 4.46. The summed E-state index contributed by atoms with van der Waals surface area (Å²) in [6, 6.07) is 7.77. The fraction of sp³-hybridized carbons (Fsp3) is 0.375. The minimum Gasteiger partial charge on any atom is -0.451 e. The van der Waals surface area contributed by atoms with Gasteiger partial charge >= 0.3 is 5.97 Å². The van der Waals surface area contributed by atoms with Crippen molar-refractivity contribution in [1.82, 2.24) is 24.6 Å². The van der Waals surface area contributed by atoms with Gasteiger partial charge in [0, 0.05) is 49.8 Å². The number of carbonyl (C=O) groups excluding carboxylic acids is 2. The Hall–Kier alpha value is -3.82. The van der Waals surface area contributed by atoms with Crippen molar-refractivity contribution in [2.24, 2.45) is 0 Å². The van der Waals surface area contributed by atoms with E-state index in [1.54, 1.807) is 40.2 Å². The average Bonchev–Trinajstić information content (AvgIpc) is 3.28. The summed E-state index contributed by atoms with van der Waals surface area (Å²) >= 11 is 0. The number of hydrogen-bond donors (Lipinski definition) is 0. The van der Waals surface area contributed by atoms with Gasteiger partial charge in [-0.05, 0) is 56.0 Å². The summed E-state index contributed by atoms with van der Waals surface area (Å²) in [5.74, 6) is -0.542. The number of amides is 1. The predicted octanol–water partition coefficient (Wildman–Crippen LogP) is 2.19. The number of fused-ring (bicyclic) bond motifs is 1. The van der Waals surface area contributed by atoms with Gasteiger partial charge in [0.2, 0.25) is 5.95 Å². The Labute approximate surface area is 196 Å². The van der Waals surface area contributed by atoms with Crippen molar-refractivity contribution in [3.8, 4) is 5.69 Å². The van der Waals surface area contributed by atoms with E-state index in [9.17, 15) is 14.0 Å². The lowest BCUT2D eigenvalue weighted by Crippen LogP contribution is -2.50. The SMILES string of the molecule is O=C(OCC(=O)N1CCN(c2ncccn2)CC1)c1nn(-c2ccc(F)cc2)c2c1CCCC2. The average molecular weight is 465 g/mol. The van der Waals surface area contributed by atoms with Crippen molar-refractivity contribution in [2.45, 2.75) is 25.7 Å². The molecule has 10 heteroatoms. The van der Waals surface area contributed by atoms with Crippen molar-refractivity contribution in [2.75, 3.05) is 37.7 Å². The van der Waals surface area contributed by atoms with Gasteiger partial charge in [-0.25, -0.2) is 23.8 Å². The van der Waals surface area contributed by atoms with Crippen LogP contribution < -0.4 is 4.90 Å². The van der Waals surface area contributed by atoms with Crippen molar-refractivity contribution >= 4 is 17.8 Å². The van der Waals surface area contributed by atoms with Gasteiger partial charge in [0.25, 0.3) is 5.91 Å². The zero-order valence-corrected chi connectivity index (χ0v) is 18.7. The second kappa shape index (κ2) is 9.58. The molecule has 1 saturated heterocycles. The minimum atomic E-state index is -0.608. The highest BCUT2D eigenvalue weighted by atomic mass is 19.1. The first-order chi connectivity index (χ1) is 16.6. The predicted molar refractivity (Wildman–Crippen MR) is 121 cm³/mol. The Bertz CT molecular complexity index is 1170. The van der Waals surface area contributed by atoms with Crippen LogP contribution in [0.3, 0.4) is 0 Å². The van der Waals surface area contributed by atoms with Crippen LogP contribution in [0.2, 0.25) is 0 Å². The van der Waals surface area contributed by atoms with E-state index < -0.39 is 5.97 Å². The lowest BCUT2D eigenvalue weighted by Gasteiger charge is -2.34.